The van der Waals surface area contributed by atoms with Crippen LogP contribution < -0.4 is 5.56 Å². The number of carbonyl (C=O) groups excluding carboxylic acids is 1. The number of rotatable bonds is 3. The molecule has 0 saturated carbocycles. The zero-order valence-electron chi connectivity index (χ0n) is 17.4. The van der Waals surface area contributed by atoms with Gasteiger partial charge in [-0.2, -0.15) is 0 Å². The third-order valence-corrected chi connectivity index (χ3v) is 5.73. The van der Waals surface area contributed by atoms with Crippen molar-refractivity contribution in [3.63, 3.8) is 0 Å². The summed E-state index contributed by atoms with van der Waals surface area (Å²) in [6.07, 6.45) is 4.04. The Morgan fingerprint density at radius 3 is 2.39 bits per heavy atom. The van der Waals surface area contributed by atoms with Crippen LogP contribution in [0.4, 0.5) is 0 Å². The summed E-state index contributed by atoms with van der Waals surface area (Å²) < 4.78 is 1.49. The summed E-state index contributed by atoms with van der Waals surface area (Å²) in [5.74, 6) is -0.210. The van der Waals surface area contributed by atoms with Gasteiger partial charge in [0.05, 0.1) is 11.1 Å². The SMILES string of the molecule is CN(C)/C=C1\C(=O)c2cnc3[nH]n(-c4ccccc4)c(=O)c3c2C[C@@H]1c1ccccc1. The summed E-state index contributed by atoms with van der Waals surface area (Å²) in [6.45, 7) is 0. The molecule has 2 aromatic carbocycles. The molecule has 0 radical (unpaired) electrons. The molecule has 0 fully saturated rings. The molecule has 31 heavy (non-hydrogen) atoms. The minimum atomic E-state index is -0.190. The molecule has 1 aliphatic carbocycles. The van der Waals surface area contributed by atoms with E-state index in [1.807, 2.05) is 85.9 Å². The molecule has 1 atom stereocenters. The fourth-order valence-corrected chi connectivity index (χ4v) is 4.34. The lowest BCUT2D eigenvalue weighted by atomic mass is 9.76. The number of nitrogens with one attached hydrogen (secondary N) is 1. The molecule has 0 amide bonds. The number of pyridine rings is 1. The van der Waals surface area contributed by atoms with Gasteiger partial charge in [0, 0.05) is 43.5 Å². The Morgan fingerprint density at radius 1 is 1.03 bits per heavy atom. The Morgan fingerprint density at radius 2 is 1.71 bits per heavy atom. The topological polar surface area (TPSA) is 71.0 Å². The predicted octanol–water partition coefficient (Wildman–Crippen LogP) is 3.68. The minimum absolute atomic E-state index is 0.0786. The maximum atomic E-state index is 13.5. The first kappa shape index (κ1) is 19.1. The fourth-order valence-electron chi connectivity index (χ4n) is 4.34. The van der Waals surface area contributed by atoms with E-state index < -0.39 is 0 Å². The van der Waals surface area contributed by atoms with Crippen molar-refractivity contribution >= 4 is 16.8 Å². The number of carbonyl (C=O) groups is 1. The summed E-state index contributed by atoms with van der Waals surface area (Å²) in [7, 11) is 3.81. The van der Waals surface area contributed by atoms with Crippen LogP contribution in [-0.4, -0.2) is 39.5 Å². The third kappa shape index (κ3) is 3.17. The van der Waals surface area contributed by atoms with Gasteiger partial charge in [-0.3, -0.25) is 14.7 Å². The van der Waals surface area contributed by atoms with Crippen LogP contribution in [0.15, 0.2) is 83.4 Å². The lowest BCUT2D eigenvalue weighted by molar-refractivity contribution is 0.101. The van der Waals surface area contributed by atoms with Gasteiger partial charge >= 0.3 is 0 Å². The van der Waals surface area contributed by atoms with E-state index in [0.717, 1.165) is 16.8 Å². The molecule has 2 aromatic heterocycles. The van der Waals surface area contributed by atoms with E-state index in [-0.39, 0.29) is 17.3 Å². The number of aromatic nitrogens is 3. The molecule has 154 valence electrons. The first-order valence-electron chi connectivity index (χ1n) is 10.2. The van der Waals surface area contributed by atoms with Crippen LogP contribution in [0.2, 0.25) is 0 Å². The second kappa shape index (κ2) is 7.40. The number of hydrogen-bond acceptors (Lipinski definition) is 4. The van der Waals surface area contributed by atoms with Crippen molar-refractivity contribution in [2.75, 3.05) is 14.1 Å². The van der Waals surface area contributed by atoms with Gasteiger partial charge in [-0.1, -0.05) is 48.5 Å². The first-order valence-corrected chi connectivity index (χ1v) is 10.2. The van der Waals surface area contributed by atoms with Crippen LogP contribution in [-0.2, 0) is 6.42 Å². The normalized spacial score (nSPS) is 17.2. The van der Waals surface area contributed by atoms with Crippen LogP contribution in [0.5, 0.6) is 0 Å². The standard InChI is InChI=1S/C25H22N4O2/c1-28(2)15-21-18(16-9-5-3-6-10-16)13-19-20(23(21)30)14-26-24-22(19)25(31)29(27-24)17-11-7-4-8-12-17/h3-12,14-15,18H,13H2,1-2H3,(H,26,27)/b21-15-/t18-/m1/s1. The Kier molecular flexibility index (Phi) is 4.55. The molecule has 0 unspecified atom stereocenters. The highest BCUT2D eigenvalue weighted by Crippen LogP contribution is 2.38. The molecule has 1 N–H and O–H groups in total. The van der Waals surface area contributed by atoms with E-state index in [2.05, 4.69) is 10.1 Å². The molecule has 0 aliphatic heterocycles. The van der Waals surface area contributed by atoms with Crippen LogP contribution >= 0.6 is 0 Å². The second-order valence-electron chi connectivity index (χ2n) is 8.01. The molecule has 4 aromatic rings. The number of benzene rings is 2. The number of hydrogen-bond donors (Lipinski definition) is 1. The molecule has 0 bridgehead atoms. The van der Waals surface area contributed by atoms with Crippen molar-refractivity contribution in [1.82, 2.24) is 19.7 Å². The first-order chi connectivity index (χ1) is 15.0. The number of Topliss-reactive ketones (excluding diaryl/α,β-unsaturated/α-hetero) is 1. The lowest BCUT2D eigenvalue weighted by Crippen LogP contribution is -2.26. The quantitative estimate of drug-likeness (QED) is 0.523. The zero-order chi connectivity index (χ0) is 21.5. The number of nitrogens with zero attached hydrogens (tertiary/aromatic N) is 3. The fraction of sp³-hybridized carbons (Fsp3) is 0.160. The highest BCUT2D eigenvalue weighted by Gasteiger charge is 2.34. The number of fused-ring (bicyclic) bond motifs is 3. The molecule has 6 heteroatoms. The summed E-state index contributed by atoms with van der Waals surface area (Å²) >= 11 is 0. The Labute approximate surface area is 179 Å². The van der Waals surface area contributed by atoms with Gasteiger partial charge in [0.15, 0.2) is 11.4 Å². The van der Waals surface area contributed by atoms with Gasteiger partial charge in [-0.05, 0) is 29.7 Å². The van der Waals surface area contributed by atoms with Crippen molar-refractivity contribution in [2.45, 2.75) is 12.3 Å². The van der Waals surface area contributed by atoms with Gasteiger partial charge < -0.3 is 4.90 Å². The monoisotopic (exact) mass is 410 g/mol. The summed E-state index contributed by atoms with van der Waals surface area (Å²) in [6, 6.07) is 19.4. The largest absolute Gasteiger partial charge is 0.383 e. The van der Waals surface area contributed by atoms with Gasteiger partial charge in [0.2, 0.25) is 0 Å². The summed E-state index contributed by atoms with van der Waals surface area (Å²) in [5, 5.41) is 3.59. The van der Waals surface area contributed by atoms with E-state index >= 15 is 0 Å². The van der Waals surface area contributed by atoms with Gasteiger partial charge in [-0.15, -0.1) is 0 Å². The van der Waals surface area contributed by atoms with Gasteiger partial charge in [0.1, 0.15) is 0 Å². The van der Waals surface area contributed by atoms with E-state index in [1.54, 1.807) is 6.20 Å². The lowest BCUT2D eigenvalue weighted by Gasteiger charge is -2.28. The number of ketones is 1. The van der Waals surface area contributed by atoms with Gasteiger partial charge in [0.25, 0.3) is 5.56 Å². The molecule has 0 saturated heterocycles. The van der Waals surface area contributed by atoms with Crippen molar-refractivity contribution in [1.29, 1.82) is 0 Å². The molecule has 0 spiro atoms. The summed E-state index contributed by atoms with van der Waals surface area (Å²) in [5.41, 5.74) is 4.06. The van der Waals surface area contributed by atoms with E-state index in [0.29, 0.717) is 28.6 Å². The maximum Gasteiger partial charge on any atom is 0.281 e. The van der Waals surface area contributed by atoms with E-state index in [1.165, 1.54) is 4.68 Å². The van der Waals surface area contributed by atoms with E-state index in [4.69, 9.17) is 0 Å². The smallest absolute Gasteiger partial charge is 0.281 e. The van der Waals surface area contributed by atoms with Crippen LogP contribution in [0, 0.1) is 0 Å². The molecule has 1 aliphatic rings. The molecule has 5 rings (SSSR count). The van der Waals surface area contributed by atoms with Crippen molar-refractivity contribution in [3.05, 3.63) is 106 Å². The Hall–Kier alpha value is -3.93. The summed E-state index contributed by atoms with van der Waals surface area (Å²) in [4.78, 5) is 33.2. The molecular formula is C25H22N4O2. The average molecular weight is 410 g/mol. The number of aromatic amines is 1. The zero-order valence-corrected chi connectivity index (χ0v) is 17.4. The van der Waals surface area contributed by atoms with Crippen molar-refractivity contribution < 1.29 is 4.79 Å². The molecular weight excluding hydrogens is 388 g/mol. The van der Waals surface area contributed by atoms with Crippen molar-refractivity contribution in [2.24, 2.45) is 0 Å². The highest BCUT2D eigenvalue weighted by molar-refractivity contribution is 6.13. The second-order valence-corrected chi connectivity index (χ2v) is 8.01. The number of H-pyrrole nitrogens is 1. The van der Waals surface area contributed by atoms with Crippen LogP contribution in [0.25, 0.3) is 16.7 Å². The Balaban J connectivity index is 1.74. The number of para-hydroxylation sites is 1. The van der Waals surface area contributed by atoms with Gasteiger partial charge in [-0.25, -0.2) is 9.67 Å². The third-order valence-electron chi connectivity index (χ3n) is 5.73. The van der Waals surface area contributed by atoms with Crippen LogP contribution in [0.1, 0.15) is 27.4 Å². The average Bonchev–Trinajstić information content (AvgIpc) is 3.13. The predicted molar refractivity (Wildman–Crippen MR) is 121 cm³/mol. The molecule has 6 nitrogen and oxygen atoms in total. The molecule has 2 heterocycles. The van der Waals surface area contributed by atoms with Crippen LogP contribution in [0.3, 0.4) is 0 Å². The maximum absolute atomic E-state index is 13.5. The highest BCUT2D eigenvalue weighted by atomic mass is 16.1. The minimum Gasteiger partial charge on any atom is -0.383 e. The van der Waals surface area contributed by atoms with E-state index in [9.17, 15) is 9.59 Å². The number of allylic oxidation sites excluding steroid dienone is 1. The Bertz CT molecular complexity index is 1370. The van der Waals surface area contributed by atoms with Crippen molar-refractivity contribution in [3.8, 4) is 5.69 Å².